The summed E-state index contributed by atoms with van der Waals surface area (Å²) in [4.78, 5) is 21.1. The maximum atomic E-state index is 13.2. The molecule has 1 rings (SSSR count). The van der Waals surface area contributed by atoms with Crippen molar-refractivity contribution in [3.63, 3.8) is 0 Å². The van der Waals surface area contributed by atoms with E-state index in [9.17, 15) is 14.0 Å². The van der Waals surface area contributed by atoms with Crippen LogP contribution in [0.1, 0.15) is 16.8 Å². The van der Waals surface area contributed by atoms with Crippen molar-refractivity contribution in [1.82, 2.24) is 5.43 Å². The highest BCUT2D eigenvalue weighted by Crippen LogP contribution is 2.17. The maximum absolute atomic E-state index is 13.2. The number of nitrogens with one attached hydrogen (secondary N) is 1. The van der Waals surface area contributed by atoms with Crippen LogP contribution in [0.15, 0.2) is 18.2 Å². The first-order valence-electron chi connectivity index (χ1n) is 4.54. The van der Waals surface area contributed by atoms with Gasteiger partial charge >= 0.3 is 0 Å². The van der Waals surface area contributed by atoms with Crippen LogP contribution in [0.5, 0.6) is 5.75 Å². The quantitative estimate of drug-likeness (QED) is 0.329. The summed E-state index contributed by atoms with van der Waals surface area (Å²) in [5.41, 5.74) is 2.15. The van der Waals surface area contributed by atoms with E-state index in [4.69, 9.17) is 10.6 Å². The number of halogens is 1. The van der Waals surface area contributed by atoms with Crippen LogP contribution < -0.4 is 16.0 Å². The number of carbonyl (C=O) groups is 2. The van der Waals surface area contributed by atoms with Crippen LogP contribution in [0.3, 0.4) is 0 Å². The normalized spacial score (nSPS) is 9.62. The Balaban J connectivity index is 2.54. The second-order valence-corrected chi connectivity index (χ2v) is 2.97. The Labute approximate surface area is 91.4 Å². The minimum atomic E-state index is -0.641. The highest BCUT2D eigenvalue weighted by atomic mass is 19.1. The third kappa shape index (κ3) is 3.32. The summed E-state index contributed by atoms with van der Waals surface area (Å²) in [6.07, 6.45) is 0.570. The zero-order chi connectivity index (χ0) is 12.0. The number of carbonyl (C=O) groups excluding carboxylic acids is 2. The van der Waals surface area contributed by atoms with E-state index in [0.717, 1.165) is 6.07 Å². The number of aldehydes is 1. The molecular formula is C10H11FN2O3. The van der Waals surface area contributed by atoms with Crippen molar-refractivity contribution in [3.8, 4) is 5.75 Å². The van der Waals surface area contributed by atoms with Gasteiger partial charge in [0.25, 0.3) is 0 Å². The van der Waals surface area contributed by atoms with Gasteiger partial charge < -0.3 is 4.74 Å². The first kappa shape index (κ1) is 12.1. The van der Waals surface area contributed by atoms with Crippen molar-refractivity contribution in [1.29, 1.82) is 0 Å². The van der Waals surface area contributed by atoms with Crippen LogP contribution in [-0.2, 0) is 4.79 Å². The molecule has 0 heterocycles. The molecule has 16 heavy (non-hydrogen) atoms. The molecule has 0 fully saturated rings. The van der Waals surface area contributed by atoms with Crippen molar-refractivity contribution < 1.29 is 18.7 Å². The van der Waals surface area contributed by atoms with Crippen molar-refractivity contribution in [3.05, 3.63) is 29.6 Å². The van der Waals surface area contributed by atoms with Gasteiger partial charge in [-0.05, 0) is 18.2 Å². The van der Waals surface area contributed by atoms with Gasteiger partial charge in [0.1, 0.15) is 6.29 Å². The fraction of sp³-hybridized carbons (Fsp3) is 0.200. The van der Waals surface area contributed by atoms with E-state index in [1.54, 1.807) is 0 Å². The average Bonchev–Trinajstić information content (AvgIpc) is 2.30. The minimum Gasteiger partial charge on any atom is -0.490 e. The number of ether oxygens (including phenoxy) is 1. The highest BCUT2D eigenvalue weighted by molar-refractivity contribution is 5.75. The predicted octanol–water partition coefficient (Wildman–Crippen LogP) is 0.397. The fourth-order valence-electron chi connectivity index (χ4n) is 1.03. The van der Waals surface area contributed by atoms with Crippen LogP contribution in [0, 0.1) is 5.82 Å². The number of hydrazine groups is 1. The molecule has 0 radical (unpaired) electrons. The molecule has 0 aromatic heterocycles. The lowest BCUT2D eigenvalue weighted by Crippen LogP contribution is -2.31. The third-order valence-corrected chi connectivity index (χ3v) is 1.84. The van der Waals surface area contributed by atoms with Gasteiger partial charge in [-0.25, -0.2) is 10.2 Å². The SMILES string of the molecule is NNC(=O)CCOc1ccc(C=O)cc1F. The molecule has 0 spiro atoms. The number of hydrogen-bond acceptors (Lipinski definition) is 4. The van der Waals surface area contributed by atoms with Gasteiger partial charge in [-0.3, -0.25) is 15.0 Å². The summed E-state index contributed by atoms with van der Waals surface area (Å²) in [6, 6.07) is 3.82. The summed E-state index contributed by atoms with van der Waals surface area (Å²) in [5.74, 6) is 3.81. The molecular weight excluding hydrogens is 215 g/mol. The van der Waals surface area contributed by atoms with Gasteiger partial charge in [-0.15, -0.1) is 0 Å². The number of hydrogen-bond donors (Lipinski definition) is 2. The van der Waals surface area contributed by atoms with Crippen LogP contribution in [0.4, 0.5) is 4.39 Å². The van der Waals surface area contributed by atoms with Crippen molar-refractivity contribution in [2.75, 3.05) is 6.61 Å². The molecule has 0 saturated heterocycles. The Hall–Kier alpha value is -1.95. The lowest BCUT2D eigenvalue weighted by molar-refractivity contribution is -0.121. The second-order valence-electron chi connectivity index (χ2n) is 2.97. The number of nitrogens with two attached hydrogens (primary N) is 1. The minimum absolute atomic E-state index is 0.00424. The van der Waals surface area contributed by atoms with E-state index in [1.165, 1.54) is 12.1 Å². The molecule has 0 unspecified atom stereocenters. The van der Waals surface area contributed by atoms with Crippen molar-refractivity contribution in [2.45, 2.75) is 6.42 Å². The highest BCUT2D eigenvalue weighted by Gasteiger charge is 2.05. The first-order chi connectivity index (χ1) is 7.67. The molecule has 1 aromatic carbocycles. The molecule has 0 saturated carbocycles. The summed E-state index contributed by atoms with van der Waals surface area (Å²) >= 11 is 0. The lowest BCUT2D eigenvalue weighted by atomic mass is 10.2. The Morgan fingerprint density at radius 3 is 2.88 bits per heavy atom. The van der Waals surface area contributed by atoms with Gasteiger partial charge in [0.2, 0.25) is 5.91 Å². The number of benzene rings is 1. The molecule has 0 atom stereocenters. The molecule has 3 N–H and O–H groups in total. The van der Waals surface area contributed by atoms with Gasteiger partial charge in [0.15, 0.2) is 11.6 Å². The third-order valence-electron chi connectivity index (χ3n) is 1.84. The molecule has 0 aliphatic carbocycles. The van der Waals surface area contributed by atoms with E-state index in [-0.39, 0.29) is 24.3 Å². The summed E-state index contributed by atoms with van der Waals surface area (Å²) in [5, 5.41) is 0. The first-order valence-corrected chi connectivity index (χ1v) is 4.54. The lowest BCUT2D eigenvalue weighted by Gasteiger charge is -2.06. The Morgan fingerprint density at radius 1 is 1.56 bits per heavy atom. The molecule has 0 aliphatic rings. The molecule has 0 bridgehead atoms. The van der Waals surface area contributed by atoms with E-state index in [0.29, 0.717) is 6.29 Å². The predicted molar refractivity (Wildman–Crippen MR) is 54.2 cm³/mol. The summed E-state index contributed by atoms with van der Waals surface area (Å²) in [7, 11) is 0. The molecule has 1 aromatic rings. The Kier molecular flexibility index (Phi) is 4.41. The standard InChI is InChI=1S/C10H11FN2O3/c11-8-5-7(6-14)1-2-9(8)16-4-3-10(15)13-12/h1-2,5-6H,3-4,12H2,(H,13,15). The summed E-state index contributed by atoms with van der Waals surface area (Å²) < 4.78 is 18.2. The number of amides is 1. The molecule has 86 valence electrons. The van der Waals surface area contributed by atoms with Crippen LogP contribution in [-0.4, -0.2) is 18.8 Å². The molecule has 6 heteroatoms. The largest absolute Gasteiger partial charge is 0.490 e. The fourth-order valence-corrected chi connectivity index (χ4v) is 1.03. The Bertz CT molecular complexity index is 396. The monoisotopic (exact) mass is 226 g/mol. The zero-order valence-electron chi connectivity index (χ0n) is 8.40. The summed E-state index contributed by atoms with van der Waals surface area (Å²) in [6.45, 7) is 0.0143. The molecule has 5 nitrogen and oxygen atoms in total. The Morgan fingerprint density at radius 2 is 2.31 bits per heavy atom. The average molecular weight is 226 g/mol. The van der Waals surface area contributed by atoms with Gasteiger partial charge in [0, 0.05) is 5.56 Å². The van der Waals surface area contributed by atoms with Gasteiger partial charge in [0.05, 0.1) is 13.0 Å². The molecule has 0 aliphatic heterocycles. The van der Waals surface area contributed by atoms with Crippen molar-refractivity contribution >= 4 is 12.2 Å². The van der Waals surface area contributed by atoms with Crippen LogP contribution >= 0.6 is 0 Å². The van der Waals surface area contributed by atoms with E-state index >= 15 is 0 Å². The van der Waals surface area contributed by atoms with Crippen molar-refractivity contribution in [2.24, 2.45) is 5.84 Å². The zero-order valence-corrected chi connectivity index (χ0v) is 8.40. The van der Waals surface area contributed by atoms with E-state index < -0.39 is 11.7 Å². The van der Waals surface area contributed by atoms with Crippen LogP contribution in [0.25, 0.3) is 0 Å². The topological polar surface area (TPSA) is 81.4 Å². The van der Waals surface area contributed by atoms with Gasteiger partial charge in [-0.2, -0.15) is 0 Å². The van der Waals surface area contributed by atoms with Gasteiger partial charge in [-0.1, -0.05) is 0 Å². The van der Waals surface area contributed by atoms with Crippen LogP contribution in [0.2, 0.25) is 0 Å². The van der Waals surface area contributed by atoms with E-state index in [1.807, 2.05) is 5.43 Å². The van der Waals surface area contributed by atoms with E-state index in [2.05, 4.69) is 0 Å². The maximum Gasteiger partial charge on any atom is 0.237 e. The second kappa shape index (κ2) is 5.82. The smallest absolute Gasteiger partial charge is 0.237 e. The number of rotatable bonds is 5. The molecule has 1 amide bonds.